The van der Waals surface area contributed by atoms with Gasteiger partial charge >= 0.3 is 0 Å². The molecule has 0 saturated heterocycles. The average Bonchev–Trinajstić information content (AvgIpc) is 2.35. The van der Waals surface area contributed by atoms with Crippen LogP contribution in [0.15, 0.2) is 21.9 Å². The fraction of sp³-hybridized carbons (Fsp3) is 0.400. The second kappa shape index (κ2) is 4.99. The molecule has 1 aliphatic heterocycles. The van der Waals surface area contributed by atoms with Gasteiger partial charge in [-0.25, -0.2) is 13.6 Å². The molecule has 0 bridgehead atoms. The van der Waals surface area contributed by atoms with Crippen LogP contribution in [0.1, 0.15) is 13.3 Å². The number of thioether (sulfide) groups is 1. The molecular weight excluding hydrogens is 290 g/mol. The monoisotopic (exact) mass is 303 g/mol. The second-order valence-corrected chi connectivity index (χ2v) is 6.80. The van der Waals surface area contributed by atoms with Crippen molar-refractivity contribution in [3.63, 3.8) is 0 Å². The Morgan fingerprint density at radius 2 is 2.26 bits per heavy atom. The molecule has 9 heteroatoms. The van der Waals surface area contributed by atoms with E-state index in [4.69, 9.17) is 5.14 Å². The van der Waals surface area contributed by atoms with Crippen molar-refractivity contribution in [3.8, 4) is 0 Å². The van der Waals surface area contributed by atoms with Gasteiger partial charge in [-0.05, 0) is 12.5 Å². The fourth-order valence-electron chi connectivity index (χ4n) is 1.80. The summed E-state index contributed by atoms with van der Waals surface area (Å²) in [5.41, 5.74) is 0.118. The molecule has 3 N–H and O–H groups in total. The van der Waals surface area contributed by atoms with Gasteiger partial charge in [0.05, 0.1) is 9.82 Å². The lowest BCUT2D eigenvalue weighted by Gasteiger charge is -2.25. The van der Waals surface area contributed by atoms with Gasteiger partial charge in [0.1, 0.15) is 5.69 Å². The highest BCUT2D eigenvalue weighted by Crippen LogP contribution is 2.41. The number of hydrogen-bond donors (Lipinski definition) is 2. The van der Waals surface area contributed by atoms with Crippen molar-refractivity contribution in [1.82, 2.24) is 0 Å². The van der Waals surface area contributed by atoms with Gasteiger partial charge in [-0.1, -0.05) is 6.92 Å². The largest absolute Gasteiger partial charge is 0.375 e. The minimum absolute atomic E-state index is 0.136. The maximum atomic E-state index is 11.3. The summed E-state index contributed by atoms with van der Waals surface area (Å²) in [4.78, 5) is 10.8. The molecule has 0 fully saturated rings. The first-order valence-corrected chi connectivity index (χ1v) is 8.10. The molecule has 0 saturated carbocycles. The number of hydrogen-bond acceptors (Lipinski definition) is 6. The van der Waals surface area contributed by atoms with E-state index in [2.05, 4.69) is 5.32 Å². The number of nitro benzene ring substituents is 1. The molecular formula is C10H13N3O4S2. The molecule has 7 nitrogen and oxygen atoms in total. The third-order valence-electron chi connectivity index (χ3n) is 2.86. The number of nitro groups is 1. The first-order valence-electron chi connectivity index (χ1n) is 5.57. The van der Waals surface area contributed by atoms with Gasteiger partial charge in [-0.15, -0.1) is 11.8 Å². The zero-order chi connectivity index (χ0) is 14.2. The van der Waals surface area contributed by atoms with Gasteiger partial charge in [0.2, 0.25) is 10.0 Å². The zero-order valence-corrected chi connectivity index (χ0v) is 11.8. The van der Waals surface area contributed by atoms with Crippen molar-refractivity contribution in [1.29, 1.82) is 0 Å². The van der Waals surface area contributed by atoms with E-state index in [1.54, 1.807) is 0 Å². The normalized spacial score (nSPS) is 18.5. The lowest BCUT2D eigenvalue weighted by Crippen LogP contribution is -2.26. The molecule has 0 radical (unpaired) electrons. The number of nitrogens with two attached hydrogens (primary N) is 1. The molecule has 2 rings (SSSR count). The number of nitrogens with zero attached hydrogens (tertiary/aromatic N) is 1. The molecule has 1 aromatic rings. The first-order chi connectivity index (χ1) is 8.82. The molecule has 0 amide bonds. The van der Waals surface area contributed by atoms with Crippen LogP contribution in [0.5, 0.6) is 0 Å². The van der Waals surface area contributed by atoms with E-state index in [9.17, 15) is 18.5 Å². The highest BCUT2D eigenvalue weighted by atomic mass is 32.2. The van der Waals surface area contributed by atoms with E-state index < -0.39 is 14.9 Å². The molecule has 0 spiro atoms. The summed E-state index contributed by atoms with van der Waals surface area (Å²) in [5.74, 6) is 0.731. The van der Waals surface area contributed by atoms with Gasteiger partial charge in [0.15, 0.2) is 0 Å². The maximum absolute atomic E-state index is 11.3. The van der Waals surface area contributed by atoms with Crippen LogP contribution >= 0.6 is 11.8 Å². The molecule has 1 heterocycles. The average molecular weight is 303 g/mol. The lowest BCUT2D eigenvalue weighted by atomic mass is 10.2. The summed E-state index contributed by atoms with van der Waals surface area (Å²) in [6.07, 6.45) is 0.834. The number of primary sulfonamides is 1. The standard InChI is InChI=1S/C10H13N3O4S2/c1-2-6-5-18-9-4-7(19(11,16)17)3-8(13(14)15)10(9)12-6/h3-4,6,12H,2,5H2,1H3,(H2,11,16,17)/t6-/m1/s1. The van der Waals surface area contributed by atoms with E-state index in [-0.39, 0.29) is 16.6 Å². The molecule has 0 aliphatic carbocycles. The molecule has 19 heavy (non-hydrogen) atoms. The predicted octanol–water partition coefficient (Wildman–Crippen LogP) is 1.54. The molecule has 1 aromatic carbocycles. The summed E-state index contributed by atoms with van der Waals surface area (Å²) < 4.78 is 22.7. The van der Waals surface area contributed by atoms with Crippen molar-refractivity contribution in [2.75, 3.05) is 11.1 Å². The Kier molecular flexibility index (Phi) is 3.70. The molecule has 0 unspecified atom stereocenters. The smallest absolute Gasteiger partial charge is 0.294 e. The topological polar surface area (TPSA) is 115 Å². The van der Waals surface area contributed by atoms with Gasteiger partial charge < -0.3 is 5.32 Å². The lowest BCUT2D eigenvalue weighted by molar-refractivity contribution is -0.384. The molecule has 1 aliphatic rings. The van der Waals surface area contributed by atoms with Crippen LogP contribution in [0.25, 0.3) is 0 Å². The van der Waals surface area contributed by atoms with Crippen LogP contribution in [0, 0.1) is 10.1 Å². The first kappa shape index (κ1) is 14.1. The highest BCUT2D eigenvalue weighted by Gasteiger charge is 2.28. The quantitative estimate of drug-likeness (QED) is 0.646. The molecule has 104 valence electrons. The SMILES string of the molecule is CC[C@@H]1CSc2cc(S(N)(=O)=O)cc([N+](=O)[O-])c2N1. The number of nitrogens with one attached hydrogen (secondary N) is 1. The summed E-state index contributed by atoms with van der Waals surface area (Å²) in [6, 6.07) is 2.51. The van der Waals surface area contributed by atoms with Crippen molar-refractivity contribution >= 4 is 33.2 Å². The predicted molar refractivity (Wildman–Crippen MR) is 72.9 cm³/mol. The van der Waals surface area contributed by atoms with Crippen LogP contribution in [-0.4, -0.2) is 25.1 Å². The van der Waals surface area contributed by atoms with E-state index in [0.29, 0.717) is 10.6 Å². The highest BCUT2D eigenvalue weighted by molar-refractivity contribution is 7.99. The number of benzene rings is 1. The van der Waals surface area contributed by atoms with Crippen molar-refractivity contribution in [3.05, 3.63) is 22.2 Å². The Bertz CT molecular complexity index is 630. The fourth-order valence-corrected chi connectivity index (χ4v) is 3.65. The Labute approximate surface area is 114 Å². The van der Waals surface area contributed by atoms with E-state index in [1.165, 1.54) is 17.8 Å². The van der Waals surface area contributed by atoms with Crippen LogP contribution in [0.2, 0.25) is 0 Å². The third kappa shape index (κ3) is 2.82. The van der Waals surface area contributed by atoms with Crippen molar-refractivity contribution < 1.29 is 13.3 Å². The van der Waals surface area contributed by atoms with Crippen LogP contribution in [0.3, 0.4) is 0 Å². The molecule has 1 atom stereocenters. The van der Waals surface area contributed by atoms with Gasteiger partial charge in [-0.2, -0.15) is 0 Å². The summed E-state index contributed by atoms with van der Waals surface area (Å²) in [7, 11) is -3.96. The van der Waals surface area contributed by atoms with Crippen LogP contribution in [-0.2, 0) is 10.0 Å². The van der Waals surface area contributed by atoms with Gasteiger partial charge in [0, 0.05) is 22.8 Å². The number of sulfonamides is 1. The maximum Gasteiger partial charge on any atom is 0.294 e. The Morgan fingerprint density at radius 1 is 1.58 bits per heavy atom. The number of fused-ring (bicyclic) bond motifs is 1. The summed E-state index contributed by atoms with van der Waals surface area (Å²) >= 11 is 1.40. The Hall–Kier alpha value is -1.32. The van der Waals surface area contributed by atoms with Gasteiger partial charge in [0.25, 0.3) is 5.69 Å². The molecule has 0 aromatic heterocycles. The van der Waals surface area contributed by atoms with E-state index >= 15 is 0 Å². The number of anilines is 1. The third-order valence-corrected chi connectivity index (χ3v) is 4.96. The summed E-state index contributed by atoms with van der Waals surface area (Å²) in [5, 5.41) is 19.2. The summed E-state index contributed by atoms with van der Waals surface area (Å²) in [6.45, 7) is 1.98. The van der Waals surface area contributed by atoms with Crippen LogP contribution < -0.4 is 10.5 Å². The second-order valence-electron chi connectivity index (χ2n) is 4.18. The van der Waals surface area contributed by atoms with Gasteiger partial charge in [-0.3, -0.25) is 10.1 Å². The van der Waals surface area contributed by atoms with Crippen molar-refractivity contribution in [2.45, 2.75) is 29.2 Å². The zero-order valence-electron chi connectivity index (χ0n) is 10.1. The van der Waals surface area contributed by atoms with Crippen LogP contribution in [0.4, 0.5) is 11.4 Å². The number of rotatable bonds is 3. The Morgan fingerprint density at radius 3 is 2.79 bits per heavy atom. The van der Waals surface area contributed by atoms with E-state index in [0.717, 1.165) is 18.2 Å². The minimum Gasteiger partial charge on any atom is -0.375 e. The van der Waals surface area contributed by atoms with E-state index in [1.807, 2.05) is 6.92 Å². The Balaban J connectivity index is 2.60. The minimum atomic E-state index is -3.96. The van der Waals surface area contributed by atoms with Crippen molar-refractivity contribution in [2.24, 2.45) is 5.14 Å².